The highest BCUT2D eigenvalue weighted by atomic mass is 31.1. The normalized spacial score (nSPS) is 12.6. The van der Waals surface area contributed by atoms with Crippen molar-refractivity contribution in [1.29, 1.82) is 0 Å². The summed E-state index contributed by atoms with van der Waals surface area (Å²) in [6.07, 6.45) is 29.5. The van der Waals surface area contributed by atoms with Crippen LogP contribution in [0.15, 0.2) is 0 Å². The van der Waals surface area contributed by atoms with E-state index in [9.17, 15) is 4.57 Å². The highest BCUT2D eigenvalue weighted by Gasteiger charge is 2.34. The fourth-order valence-corrected chi connectivity index (χ4v) is 7.02. The van der Waals surface area contributed by atoms with Crippen molar-refractivity contribution in [3.8, 4) is 0 Å². The van der Waals surface area contributed by atoms with Gasteiger partial charge in [-0.3, -0.25) is 4.57 Å². The molecule has 0 rings (SSSR count). The Bertz CT molecular complexity index is 444. The van der Waals surface area contributed by atoms with Crippen LogP contribution in [0.5, 0.6) is 0 Å². The third kappa shape index (κ3) is 17.6. The molecule has 0 atom stereocenters. The standard InChI is InChI=1S/C32H67O3P/c1-7-13-15-17-19-21-23-25-27-29-31(9-3,10-4)34-36(33)35-32(11-5,12-6)30-28-26-24-22-20-18-16-14-8-2/h36H,7-30H2,1-6H3. The molecular formula is C32H67O3P. The van der Waals surface area contributed by atoms with Crippen molar-refractivity contribution in [2.45, 2.75) is 207 Å². The average molecular weight is 531 g/mol. The van der Waals surface area contributed by atoms with Crippen molar-refractivity contribution in [3.63, 3.8) is 0 Å². The minimum atomic E-state index is -2.52. The van der Waals surface area contributed by atoms with Gasteiger partial charge in [0.15, 0.2) is 0 Å². The lowest BCUT2D eigenvalue weighted by Crippen LogP contribution is -2.32. The zero-order valence-electron chi connectivity index (χ0n) is 25.7. The molecule has 0 radical (unpaired) electrons. The van der Waals surface area contributed by atoms with Gasteiger partial charge in [-0.1, -0.05) is 157 Å². The summed E-state index contributed by atoms with van der Waals surface area (Å²) in [7, 11) is -2.52. The van der Waals surface area contributed by atoms with Crippen LogP contribution in [0.1, 0.15) is 196 Å². The van der Waals surface area contributed by atoms with E-state index in [1.807, 2.05) is 0 Å². The van der Waals surface area contributed by atoms with Gasteiger partial charge in [0, 0.05) is 0 Å². The maximum absolute atomic E-state index is 13.2. The van der Waals surface area contributed by atoms with E-state index in [4.69, 9.17) is 9.05 Å². The van der Waals surface area contributed by atoms with Crippen molar-refractivity contribution >= 4 is 8.25 Å². The first-order valence-corrected chi connectivity index (χ1v) is 17.6. The second kappa shape index (κ2) is 24.2. The largest absolute Gasteiger partial charge is 0.320 e. The molecule has 0 unspecified atom stereocenters. The van der Waals surface area contributed by atoms with Crippen LogP contribution in [-0.2, 0) is 13.6 Å². The lowest BCUT2D eigenvalue weighted by atomic mass is 9.90. The molecule has 0 aromatic rings. The number of hydrogen-bond acceptors (Lipinski definition) is 3. The second-order valence-electron chi connectivity index (χ2n) is 11.4. The lowest BCUT2D eigenvalue weighted by Gasteiger charge is -2.36. The van der Waals surface area contributed by atoms with Gasteiger partial charge in [-0.05, 0) is 38.5 Å². The maximum atomic E-state index is 13.2. The predicted octanol–water partition coefficient (Wildman–Crippen LogP) is 12.4. The smallest absolute Gasteiger partial charge is 0.304 e. The van der Waals surface area contributed by atoms with Crippen molar-refractivity contribution in [2.75, 3.05) is 0 Å². The Balaban J connectivity index is 4.42. The Labute approximate surface area is 228 Å². The Morgan fingerprint density at radius 2 is 0.667 bits per heavy atom. The fraction of sp³-hybridized carbons (Fsp3) is 1.00. The number of unbranched alkanes of at least 4 members (excludes halogenated alkanes) is 16. The monoisotopic (exact) mass is 530 g/mol. The Morgan fingerprint density at radius 3 is 0.917 bits per heavy atom. The van der Waals surface area contributed by atoms with E-state index in [2.05, 4.69) is 41.5 Å². The van der Waals surface area contributed by atoms with Crippen LogP contribution in [0.4, 0.5) is 0 Å². The highest BCUT2D eigenvalue weighted by Crippen LogP contribution is 2.44. The zero-order valence-corrected chi connectivity index (χ0v) is 26.7. The number of hydrogen-bond donors (Lipinski definition) is 0. The van der Waals surface area contributed by atoms with Crippen molar-refractivity contribution < 1.29 is 13.6 Å². The van der Waals surface area contributed by atoms with Gasteiger partial charge in [0.1, 0.15) is 0 Å². The van der Waals surface area contributed by atoms with E-state index >= 15 is 0 Å². The first kappa shape index (κ1) is 36.1. The molecule has 0 saturated heterocycles. The summed E-state index contributed by atoms with van der Waals surface area (Å²) >= 11 is 0. The van der Waals surface area contributed by atoms with E-state index in [1.54, 1.807) is 0 Å². The van der Waals surface area contributed by atoms with Gasteiger partial charge in [-0.15, -0.1) is 0 Å². The van der Waals surface area contributed by atoms with Gasteiger partial charge >= 0.3 is 8.25 Å². The molecule has 0 heterocycles. The molecule has 0 aliphatic carbocycles. The summed E-state index contributed by atoms with van der Waals surface area (Å²) < 4.78 is 25.7. The van der Waals surface area contributed by atoms with Crippen molar-refractivity contribution in [1.82, 2.24) is 0 Å². The molecule has 0 saturated carbocycles. The molecule has 0 bridgehead atoms. The third-order valence-electron chi connectivity index (χ3n) is 8.65. The van der Waals surface area contributed by atoms with Crippen LogP contribution < -0.4 is 0 Å². The third-order valence-corrected chi connectivity index (χ3v) is 9.85. The topological polar surface area (TPSA) is 35.5 Å². The van der Waals surface area contributed by atoms with E-state index in [-0.39, 0.29) is 11.2 Å². The van der Waals surface area contributed by atoms with Crippen molar-refractivity contribution in [2.24, 2.45) is 0 Å². The molecule has 0 aromatic heterocycles. The molecule has 0 aliphatic rings. The molecular weight excluding hydrogens is 463 g/mol. The SMILES string of the molecule is CCCCCCCCCCCC(CC)(CC)O[PH](=O)OC(CC)(CC)CCCCCCCCCCC. The minimum absolute atomic E-state index is 0.290. The van der Waals surface area contributed by atoms with Crippen LogP contribution in [0.25, 0.3) is 0 Å². The maximum Gasteiger partial charge on any atom is 0.320 e. The number of rotatable bonds is 28. The molecule has 3 nitrogen and oxygen atoms in total. The highest BCUT2D eigenvalue weighted by molar-refractivity contribution is 7.33. The average Bonchev–Trinajstić information content (AvgIpc) is 2.89. The van der Waals surface area contributed by atoms with Crippen LogP contribution >= 0.6 is 8.25 Å². The van der Waals surface area contributed by atoms with Gasteiger partial charge in [0.2, 0.25) is 0 Å². The summed E-state index contributed by atoms with van der Waals surface area (Å²) in [5.41, 5.74) is -0.579. The van der Waals surface area contributed by atoms with E-state index in [0.29, 0.717) is 0 Å². The van der Waals surface area contributed by atoms with Crippen LogP contribution in [0.3, 0.4) is 0 Å². The summed E-state index contributed by atoms with van der Waals surface area (Å²) in [4.78, 5) is 0. The van der Waals surface area contributed by atoms with Gasteiger partial charge in [0.05, 0.1) is 11.2 Å². The van der Waals surface area contributed by atoms with Crippen LogP contribution in [0, 0.1) is 0 Å². The van der Waals surface area contributed by atoms with Gasteiger partial charge in [0.25, 0.3) is 0 Å². The van der Waals surface area contributed by atoms with Crippen molar-refractivity contribution in [3.05, 3.63) is 0 Å². The van der Waals surface area contributed by atoms with Gasteiger partial charge < -0.3 is 9.05 Å². The Morgan fingerprint density at radius 1 is 0.417 bits per heavy atom. The molecule has 0 spiro atoms. The Kier molecular flexibility index (Phi) is 24.3. The zero-order chi connectivity index (χ0) is 27.0. The van der Waals surface area contributed by atoms with E-state index in [1.165, 1.54) is 103 Å². The van der Waals surface area contributed by atoms with E-state index in [0.717, 1.165) is 51.4 Å². The summed E-state index contributed by atoms with van der Waals surface area (Å²) in [5.74, 6) is 0. The molecule has 0 fully saturated rings. The molecule has 0 amide bonds. The fourth-order valence-electron chi connectivity index (χ4n) is 5.49. The second-order valence-corrected chi connectivity index (χ2v) is 12.3. The van der Waals surface area contributed by atoms with Gasteiger partial charge in [-0.2, -0.15) is 0 Å². The first-order chi connectivity index (χ1) is 17.5. The molecule has 4 heteroatoms. The molecule has 36 heavy (non-hydrogen) atoms. The quantitative estimate of drug-likeness (QED) is 0.0745. The molecule has 218 valence electrons. The molecule has 0 aromatic carbocycles. The summed E-state index contributed by atoms with van der Waals surface area (Å²) in [6.45, 7) is 13.3. The lowest BCUT2D eigenvalue weighted by molar-refractivity contribution is -0.00657. The van der Waals surface area contributed by atoms with Gasteiger partial charge in [-0.25, -0.2) is 0 Å². The van der Waals surface area contributed by atoms with Crippen LogP contribution in [-0.4, -0.2) is 11.2 Å². The Hall–Kier alpha value is 0.150. The summed E-state index contributed by atoms with van der Waals surface area (Å²) in [5, 5.41) is 0. The first-order valence-electron chi connectivity index (χ1n) is 16.4. The molecule has 0 N–H and O–H groups in total. The van der Waals surface area contributed by atoms with Crippen LogP contribution in [0.2, 0.25) is 0 Å². The molecule has 0 aliphatic heterocycles. The minimum Gasteiger partial charge on any atom is -0.304 e. The van der Waals surface area contributed by atoms with E-state index < -0.39 is 8.25 Å². The predicted molar refractivity (Wildman–Crippen MR) is 161 cm³/mol. The summed E-state index contributed by atoms with van der Waals surface area (Å²) in [6, 6.07) is 0.